The first kappa shape index (κ1) is 13.9. The normalized spacial score (nSPS) is 12.5. The van der Waals surface area contributed by atoms with Gasteiger partial charge in [-0.1, -0.05) is 6.07 Å². The van der Waals surface area contributed by atoms with Crippen LogP contribution in [0, 0.1) is 12.7 Å². The van der Waals surface area contributed by atoms with Gasteiger partial charge < -0.3 is 15.2 Å². The maximum Gasteiger partial charge on any atom is 0.165 e. The fourth-order valence-corrected chi connectivity index (χ4v) is 1.53. The van der Waals surface area contributed by atoms with Crippen molar-refractivity contribution in [1.82, 2.24) is 0 Å². The van der Waals surface area contributed by atoms with E-state index in [-0.39, 0.29) is 17.7 Å². The molecule has 0 bridgehead atoms. The molecular formula is C13H20FNO2. The average Bonchev–Trinajstić information content (AvgIpc) is 2.32. The molecule has 0 saturated carbocycles. The van der Waals surface area contributed by atoms with Gasteiger partial charge in [0.1, 0.15) is 0 Å². The second kappa shape index (κ2) is 7.25. The van der Waals surface area contributed by atoms with E-state index in [1.807, 2.05) is 13.8 Å². The first-order valence-electron chi connectivity index (χ1n) is 5.88. The van der Waals surface area contributed by atoms with Crippen molar-refractivity contribution in [3.05, 3.63) is 29.6 Å². The highest BCUT2D eigenvalue weighted by Gasteiger charge is 2.08. The smallest absolute Gasteiger partial charge is 0.165 e. The van der Waals surface area contributed by atoms with Crippen molar-refractivity contribution in [1.29, 1.82) is 0 Å². The lowest BCUT2D eigenvalue weighted by molar-refractivity contribution is 0.0523. The summed E-state index contributed by atoms with van der Waals surface area (Å²) < 4.78 is 24.1. The van der Waals surface area contributed by atoms with Gasteiger partial charge in [0, 0.05) is 19.6 Å². The van der Waals surface area contributed by atoms with Crippen LogP contribution >= 0.6 is 0 Å². The van der Waals surface area contributed by atoms with E-state index in [1.165, 1.54) is 6.07 Å². The zero-order chi connectivity index (χ0) is 12.7. The molecule has 1 atom stereocenters. The Hall–Kier alpha value is -1.13. The van der Waals surface area contributed by atoms with Gasteiger partial charge in [-0.2, -0.15) is 0 Å². The summed E-state index contributed by atoms with van der Waals surface area (Å²) in [6.45, 7) is 5.30. The SMILES string of the molecule is CCOC(CN)CCOc1cc(C)ccc1F. The van der Waals surface area contributed by atoms with Crippen molar-refractivity contribution in [2.24, 2.45) is 5.73 Å². The molecular weight excluding hydrogens is 221 g/mol. The van der Waals surface area contributed by atoms with Crippen LogP contribution in [0.15, 0.2) is 18.2 Å². The Morgan fingerprint density at radius 1 is 1.41 bits per heavy atom. The molecule has 0 amide bonds. The largest absolute Gasteiger partial charge is 0.490 e. The number of aryl methyl sites for hydroxylation is 1. The maximum absolute atomic E-state index is 13.3. The van der Waals surface area contributed by atoms with E-state index in [0.29, 0.717) is 26.2 Å². The van der Waals surface area contributed by atoms with Gasteiger partial charge >= 0.3 is 0 Å². The molecule has 0 aromatic heterocycles. The molecule has 1 aromatic carbocycles. The lowest BCUT2D eigenvalue weighted by Gasteiger charge is -2.15. The molecule has 2 N–H and O–H groups in total. The second-order valence-corrected chi connectivity index (χ2v) is 3.88. The predicted molar refractivity (Wildman–Crippen MR) is 65.7 cm³/mol. The monoisotopic (exact) mass is 241 g/mol. The Balaban J connectivity index is 2.42. The van der Waals surface area contributed by atoms with Gasteiger partial charge in [-0.15, -0.1) is 0 Å². The Kier molecular flexibility index (Phi) is 5.94. The minimum atomic E-state index is -0.337. The summed E-state index contributed by atoms with van der Waals surface area (Å²) >= 11 is 0. The maximum atomic E-state index is 13.3. The molecule has 1 unspecified atom stereocenters. The third kappa shape index (κ3) is 4.71. The molecule has 4 heteroatoms. The highest BCUT2D eigenvalue weighted by Crippen LogP contribution is 2.18. The standard InChI is InChI=1S/C13H20FNO2/c1-3-16-11(9-15)6-7-17-13-8-10(2)4-5-12(13)14/h4-5,8,11H,3,6-7,9,15H2,1-2H3. The van der Waals surface area contributed by atoms with Crippen LogP contribution in [0.3, 0.4) is 0 Å². The Bertz CT molecular complexity index is 344. The van der Waals surface area contributed by atoms with Crippen LogP contribution in [0.2, 0.25) is 0 Å². The topological polar surface area (TPSA) is 44.5 Å². The predicted octanol–water partition coefficient (Wildman–Crippen LogP) is 2.27. The lowest BCUT2D eigenvalue weighted by Crippen LogP contribution is -2.25. The van der Waals surface area contributed by atoms with Gasteiger partial charge in [0.05, 0.1) is 12.7 Å². The van der Waals surface area contributed by atoms with Gasteiger partial charge in [0.2, 0.25) is 0 Å². The van der Waals surface area contributed by atoms with Crippen LogP contribution in [0.25, 0.3) is 0 Å². The molecule has 0 fully saturated rings. The summed E-state index contributed by atoms with van der Waals surface area (Å²) in [6.07, 6.45) is 0.644. The zero-order valence-electron chi connectivity index (χ0n) is 10.4. The minimum Gasteiger partial charge on any atom is -0.490 e. The van der Waals surface area contributed by atoms with Gasteiger partial charge in [0.15, 0.2) is 11.6 Å². The molecule has 0 aliphatic rings. The number of ether oxygens (including phenoxy) is 2. The number of hydrogen-bond acceptors (Lipinski definition) is 3. The van der Waals surface area contributed by atoms with Crippen molar-refractivity contribution in [3.63, 3.8) is 0 Å². The zero-order valence-corrected chi connectivity index (χ0v) is 10.4. The summed E-state index contributed by atoms with van der Waals surface area (Å²) in [4.78, 5) is 0. The van der Waals surface area contributed by atoms with Crippen molar-refractivity contribution in [2.45, 2.75) is 26.4 Å². The second-order valence-electron chi connectivity index (χ2n) is 3.88. The molecule has 0 saturated heterocycles. The van der Waals surface area contributed by atoms with E-state index in [1.54, 1.807) is 12.1 Å². The van der Waals surface area contributed by atoms with Crippen LogP contribution in [-0.2, 0) is 4.74 Å². The van der Waals surface area contributed by atoms with Crippen LogP contribution < -0.4 is 10.5 Å². The van der Waals surface area contributed by atoms with E-state index in [4.69, 9.17) is 15.2 Å². The number of rotatable bonds is 7. The molecule has 1 rings (SSSR count). The van der Waals surface area contributed by atoms with Gasteiger partial charge in [-0.05, 0) is 31.5 Å². The summed E-state index contributed by atoms with van der Waals surface area (Å²) in [7, 11) is 0. The molecule has 96 valence electrons. The third-order valence-corrected chi connectivity index (χ3v) is 2.45. The lowest BCUT2D eigenvalue weighted by atomic mass is 10.2. The van der Waals surface area contributed by atoms with E-state index < -0.39 is 0 Å². The summed E-state index contributed by atoms with van der Waals surface area (Å²) in [5.41, 5.74) is 6.51. The van der Waals surface area contributed by atoms with E-state index in [2.05, 4.69) is 0 Å². The minimum absolute atomic E-state index is 0.0205. The molecule has 0 aliphatic carbocycles. The Morgan fingerprint density at radius 2 is 2.18 bits per heavy atom. The average molecular weight is 241 g/mol. The summed E-state index contributed by atoms with van der Waals surface area (Å²) in [5.74, 6) is -0.0476. The van der Waals surface area contributed by atoms with Crippen LogP contribution in [0.5, 0.6) is 5.75 Å². The fraction of sp³-hybridized carbons (Fsp3) is 0.538. The van der Waals surface area contributed by atoms with Gasteiger partial charge in [0.25, 0.3) is 0 Å². The summed E-state index contributed by atoms with van der Waals surface area (Å²) in [6, 6.07) is 4.81. The first-order chi connectivity index (χ1) is 8.17. The van der Waals surface area contributed by atoms with Crippen molar-refractivity contribution in [3.8, 4) is 5.75 Å². The van der Waals surface area contributed by atoms with Crippen LogP contribution in [0.1, 0.15) is 18.9 Å². The van der Waals surface area contributed by atoms with Crippen LogP contribution in [0.4, 0.5) is 4.39 Å². The third-order valence-electron chi connectivity index (χ3n) is 2.45. The number of benzene rings is 1. The number of halogens is 1. The molecule has 0 aliphatic heterocycles. The molecule has 1 aromatic rings. The highest BCUT2D eigenvalue weighted by atomic mass is 19.1. The van der Waals surface area contributed by atoms with E-state index in [0.717, 1.165) is 5.56 Å². The fourth-order valence-electron chi connectivity index (χ4n) is 1.53. The van der Waals surface area contributed by atoms with Crippen molar-refractivity contribution >= 4 is 0 Å². The van der Waals surface area contributed by atoms with E-state index in [9.17, 15) is 4.39 Å². The van der Waals surface area contributed by atoms with Crippen molar-refractivity contribution in [2.75, 3.05) is 19.8 Å². The molecule has 17 heavy (non-hydrogen) atoms. The highest BCUT2D eigenvalue weighted by molar-refractivity contribution is 5.29. The van der Waals surface area contributed by atoms with Crippen LogP contribution in [-0.4, -0.2) is 25.9 Å². The number of nitrogens with two attached hydrogens (primary N) is 1. The molecule has 0 radical (unpaired) electrons. The molecule has 3 nitrogen and oxygen atoms in total. The van der Waals surface area contributed by atoms with Gasteiger partial charge in [-0.25, -0.2) is 4.39 Å². The Labute approximate surface area is 102 Å². The van der Waals surface area contributed by atoms with Gasteiger partial charge in [-0.3, -0.25) is 0 Å². The van der Waals surface area contributed by atoms with Crippen molar-refractivity contribution < 1.29 is 13.9 Å². The first-order valence-corrected chi connectivity index (χ1v) is 5.88. The number of hydrogen-bond donors (Lipinski definition) is 1. The Morgan fingerprint density at radius 3 is 2.82 bits per heavy atom. The quantitative estimate of drug-likeness (QED) is 0.796. The molecule has 0 spiro atoms. The molecule has 0 heterocycles. The summed E-state index contributed by atoms with van der Waals surface area (Å²) in [5, 5.41) is 0. The van der Waals surface area contributed by atoms with E-state index >= 15 is 0 Å².